The average molecular weight is 362 g/mol. The summed E-state index contributed by atoms with van der Waals surface area (Å²) in [6.45, 7) is 2.41. The van der Waals surface area contributed by atoms with Crippen LogP contribution in [0.1, 0.15) is 21.9 Å². The minimum absolute atomic E-state index is 0.219. The van der Waals surface area contributed by atoms with Gasteiger partial charge in [-0.25, -0.2) is 9.97 Å². The van der Waals surface area contributed by atoms with E-state index in [0.29, 0.717) is 35.4 Å². The van der Waals surface area contributed by atoms with Gasteiger partial charge in [-0.2, -0.15) is 0 Å². The first-order valence-electron chi connectivity index (χ1n) is 8.52. The molecule has 27 heavy (non-hydrogen) atoms. The first-order chi connectivity index (χ1) is 13.2. The van der Waals surface area contributed by atoms with Gasteiger partial charge in [0.05, 0.1) is 0 Å². The van der Waals surface area contributed by atoms with E-state index in [0.717, 1.165) is 11.3 Å². The lowest BCUT2D eigenvalue weighted by atomic mass is 10.2. The van der Waals surface area contributed by atoms with E-state index in [-0.39, 0.29) is 12.7 Å². The molecule has 0 saturated heterocycles. The number of carbonyl (C=O) groups is 1. The van der Waals surface area contributed by atoms with Crippen LogP contribution in [-0.2, 0) is 6.54 Å². The number of anilines is 2. The van der Waals surface area contributed by atoms with Gasteiger partial charge in [-0.1, -0.05) is 30.3 Å². The van der Waals surface area contributed by atoms with Crippen LogP contribution in [0.25, 0.3) is 0 Å². The molecule has 0 unspecified atom stereocenters. The fraction of sp³-hybridized carbons (Fsp3) is 0.150. The number of fused-ring (bicyclic) bond motifs is 1. The van der Waals surface area contributed by atoms with Crippen LogP contribution in [-0.4, -0.2) is 22.7 Å². The Kier molecular flexibility index (Phi) is 4.57. The molecule has 3 aromatic rings. The van der Waals surface area contributed by atoms with Crippen molar-refractivity contribution in [1.82, 2.24) is 15.3 Å². The molecule has 4 rings (SSSR count). The van der Waals surface area contributed by atoms with E-state index >= 15 is 0 Å². The van der Waals surface area contributed by atoms with Gasteiger partial charge in [0.1, 0.15) is 17.3 Å². The Morgan fingerprint density at radius 1 is 1.04 bits per heavy atom. The number of benzene rings is 2. The largest absolute Gasteiger partial charge is 0.454 e. The summed E-state index contributed by atoms with van der Waals surface area (Å²) in [5.74, 6) is 2.17. The Labute approximate surface area is 156 Å². The highest BCUT2D eigenvalue weighted by Gasteiger charge is 2.14. The molecule has 136 valence electrons. The van der Waals surface area contributed by atoms with Crippen molar-refractivity contribution in [3.05, 3.63) is 71.7 Å². The summed E-state index contributed by atoms with van der Waals surface area (Å²) in [4.78, 5) is 21.0. The molecule has 7 heteroatoms. The smallest absolute Gasteiger partial charge is 0.270 e. The van der Waals surface area contributed by atoms with Crippen molar-refractivity contribution in [2.45, 2.75) is 13.5 Å². The Hall–Kier alpha value is -3.61. The van der Waals surface area contributed by atoms with Crippen LogP contribution in [0.4, 0.5) is 11.5 Å². The van der Waals surface area contributed by atoms with Crippen LogP contribution in [0.5, 0.6) is 11.5 Å². The fourth-order valence-corrected chi connectivity index (χ4v) is 2.74. The predicted octanol–water partition coefficient (Wildman–Crippen LogP) is 3.19. The zero-order valence-electron chi connectivity index (χ0n) is 14.7. The third kappa shape index (κ3) is 3.98. The standard InChI is InChI=1S/C20H18N4O3/c1-13-22-16(20(25)21-11-14-5-3-2-4-6-14)10-19(23-13)24-15-7-8-17-18(9-15)27-12-26-17/h2-10H,11-12H2,1H3,(H,21,25)(H,22,23,24). The Bertz CT molecular complexity index is 976. The van der Waals surface area contributed by atoms with Gasteiger partial charge in [-0.15, -0.1) is 0 Å². The second-order valence-corrected chi connectivity index (χ2v) is 6.05. The number of amides is 1. The molecule has 0 fully saturated rings. The highest BCUT2D eigenvalue weighted by molar-refractivity contribution is 5.93. The van der Waals surface area contributed by atoms with Crippen molar-refractivity contribution in [3.8, 4) is 11.5 Å². The summed E-state index contributed by atoms with van der Waals surface area (Å²) in [5.41, 5.74) is 2.12. The van der Waals surface area contributed by atoms with E-state index in [1.165, 1.54) is 0 Å². The summed E-state index contributed by atoms with van der Waals surface area (Å²) in [6.07, 6.45) is 0. The first-order valence-corrected chi connectivity index (χ1v) is 8.52. The summed E-state index contributed by atoms with van der Waals surface area (Å²) in [5, 5.41) is 6.05. The van der Waals surface area contributed by atoms with Gasteiger partial charge in [0.2, 0.25) is 6.79 Å². The van der Waals surface area contributed by atoms with Gasteiger partial charge in [0, 0.05) is 24.4 Å². The number of rotatable bonds is 5. The van der Waals surface area contributed by atoms with Crippen LogP contribution in [0, 0.1) is 6.92 Å². The molecule has 1 aromatic heterocycles. The van der Waals surface area contributed by atoms with Gasteiger partial charge in [-0.05, 0) is 24.6 Å². The normalized spacial score (nSPS) is 11.9. The molecule has 7 nitrogen and oxygen atoms in total. The Balaban J connectivity index is 1.48. The monoisotopic (exact) mass is 362 g/mol. The van der Waals surface area contributed by atoms with E-state index in [1.54, 1.807) is 13.0 Å². The third-order valence-corrected chi connectivity index (χ3v) is 4.01. The van der Waals surface area contributed by atoms with Crippen molar-refractivity contribution in [2.24, 2.45) is 0 Å². The summed E-state index contributed by atoms with van der Waals surface area (Å²) < 4.78 is 10.7. The molecule has 0 bridgehead atoms. The molecule has 2 N–H and O–H groups in total. The van der Waals surface area contributed by atoms with Gasteiger partial charge < -0.3 is 20.1 Å². The predicted molar refractivity (Wildman–Crippen MR) is 100 cm³/mol. The third-order valence-electron chi connectivity index (χ3n) is 4.01. The van der Waals surface area contributed by atoms with Gasteiger partial charge in [-0.3, -0.25) is 4.79 Å². The summed E-state index contributed by atoms with van der Waals surface area (Å²) in [7, 11) is 0. The number of nitrogens with one attached hydrogen (secondary N) is 2. The number of nitrogens with zero attached hydrogens (tertiary/aromatic N) is 2. The molecule has 0 aliphatic carbocycles. The second-order valence-electron chi connectivity index (χ2n) is 6.05. The summed E-state index contributed by atoms with van der Waals surface area (Å²) >= 11 is 0. The summed E-state index contributed by atoms with van der Waals surface area (Å²) in [6, 6.07) is 16.9. The number of hydrogen-bond acceptors (Lipinski definition) is 6. The van der Waals surface area contributed by atoms with Crippen LogP contribution >= 0.6 is 0 Å². The molecular weight excluding hydrogens is 344 g/mol. The molecular formula is C20H18N4O3. The van der Waals surface area contributed by atoms with E-state index < -0.39 is 0 Å². The zero-order valence-corrected chi connectivity index (χ0v) is 14.7. The van der Waals surface area contributed by atoms with Crippen LogP contribution in [0.15, 0.2) is 54.6 Å². The van der Waals surface area contributed by atoms with Gasteiger partial charge >= 0.3 is 0 Å². The molecule has 2 aromatic carbocycles. The van der Waals surface area contributed by atoms with E-state index in [9.17, 15) is 4.79 Å². The molecule has 1 aliphatic rings. The van der Waals surface area contributed by atoms with Crippen molar-refractivity contribution < 1.29 is 14.3 Å². The minimum atomic E-state index is -0.252. The van der Waals surface area contributed by atoms with Crippen LogP contribution in [0.3, 0.4) is 0 Å². The maximum Gasteiger partial charge on any atom is 0.270 e. The molecule has 0 atom stereocenters. The zero-order chi connectivity index (χ0) is 18.6. The first kappa shape index (κ1) is 16.8. The molecule has 1 aliphatic heterocycles. The molecule has 1 amide bonds. The topological polar surface area (TPSA) is 85.4 Å². The van der Waals surface area contributed by atoms with E-state index in [1.807, 2.05) is 48.5 Å². The van der Waals surface area contributed by atoms with Gasteiger partial charge in [0.25, 0.3) is 5.91 Å². The van der Waals surface area contributed by atoms with Crippen molar-refractivity contribution >= 4 is 17.4 Å². The highest BCUT2D eigenvalue weighted by Crippen LogP contribution is 2.34. The fourth-order valence-electron chi connectivity index (χ4n) is 2.74. The number of carbonyl (C=O) groups excluding carboxylic acids is 1. The maximum atomic E-state index is 12.5. The average Bonchev–Trinajstić information content (AvgIpc) is 3.14. The number of aryl methyl sites for hydroxylation is 1. The molecule has 2 heterocycles. The lowest BCUT2D eigenvalue weighted by Crippen LogP contribution is -2.24. The van der Waals surface area contributed by atoms with Crippen molar-refractivity contribution in [1.29, 1.82) is 0 Å². The number of ether oxygens (including phenoxy) is 2. The SMILES string of the molecule is Cc1nc(Nc2ccc3c(c2)OCO3)cc(C(=O)NCc2ccccc2)n1. The Morgan fingerprint density at radius 3 is 2.70 bits per heavy atom. The van der Waals surface area contributed by atoms with Gasteiger partial charge in [0.15, 0.2) is 11.5 Å². The number of aromatic nitrogens is 2. The molecule has 0 spiro atoms. The lowest BCUT2D eigenvalue weighted by Gasteiger charge is -2.10. The van der Waals surface area contributed by atoms with Crippen molar-refractivity contribution in [3.63, 3.8) is 0 Å². The highest BCUT2D eigenvalue weighted by atomic mass is 16.7. The van der Waals surface area contributed by atoms with E-state index in [4.69, 9.17) is 9.47 Å². The molecule has 0 radical (unpaired) electrons. The number of hydrogen-bond donors (Lipinski definition) is 2. The van der Waals surface area contributed by atoms with E-state index in [2.05, 4.69) is 20.6 Å². The second kappa shape index (κ2) is 7.33. The van der Waals surface area contributed by atoms with Crippen LogP contribution in [0.2, 0.25) is 0 Å². The quantitative estimate of drug-likeness (QED) is 0.725. The lowest BCUT2D eigenvalue weighted by molar-refractivity contribution is 0.0945. The Morgan fingerprint density at radius 2 is 1.85 bits per heavy atom. The molecule has 0 saturated carbocycles. The van der Waals surface area contributed by atoms with Crippen molar-refractivity contribution in [2.75, 3.05) is 12.1 Å². The maximum absolute atomic E-state index is 12.5. The minimum Gasteiger partial charge on any atom is -0.454 e. The van der Waals surface area contributed by atoms with Crippen LogP contribution < -0.4 is 20.1 Å².